The van der Waals surface area contributed by atoms with Gasteiger partial charge in [0.1, 0.15) is 6.61 Å². The molecule has 2 fully saturated rings. The molecule has 2 saturated heterocycles. The molecule has 2 aromatic carbocycles. The molecule has 236 valence electrons. The summed E-state index contributed by atoms with van der Waals surface area (Å²) in [4.78, 5) is 33.4. The van der Waals surface area contributed by atoms with Crippen LogP contribution in [0.4, 0.5) is 0 Å². The second-order valence-electron chi connectivity index (χ2n) is 10.6. The summed E-state index contributed by atoms with van der Waals surface area (Å²) in [6, 6.07) is 19.7. The Morgan fingerprint density at radius 1 is 1.02 bits per heavy atom. The Morgan fingerprint density at radius 3 is 2.09 bits per heavy atom. The zero-order valence-corrected chi connectivity index (χ0v) is 26.6. The van der Waals surface area contributed by atoms with Crippen LogP contribution in [0.1, 0.15) is 83.3 Å². The summed E-state index contributed by atoms with van der Waals surface area (Å²) in [6.07, 6.45) is 8.98. The molecule has 3 unspecified atom stereocenters. The first-order chi connectivity index (χ1) is 19.9. The van der Waals surface area contributed by atoms with Gasteiger partial charge in [0.25, 0.3) is 5.91 Å². The average molecular weight is 595 g/mol. The van der Waals surface area contributed by atoms with Crippen LogP contribution in [0.5, 0.6) is 0 Å². The van der Waals surface area contributed by atoms with Gasteiger partial charge in [-0.25, -0.2) is 10.5 Å². The van der Waals surface area contributed by atoms with E-state index in [0.29, 0.717) is 32.3 Å². The molecule has 1 amide bonds. The number of hydrogen-bond acceptors (Lipinski definition) is 7. The summed E-state index contributed by atoms with van der Waals surface area (Å²) >= 11 is 0. The molecule has 10 heteroatoms. The monoisotopic (exact) mass is 594 g/mol. The number of β-lactam (4-membered cyclic amide) rings is 1. The van der Waals surface area contributed by atoms with Crippen LogP contribution in [-0.4, -0.2) is 53.3 Å². The number of nitrogens with one attached hydrogen (secondary N) is 1. The molecule has 0 aliphatic carbocycles. The van der Waals surface area contributed by atoms with Crippen molar-refractivity contribution in [3.8, 4) is 0 Å². The van der Waals surface area contributed by atoms with Gasteiger partial charge in [0, 0.05) is 13.2 Å². The van der Waals surface area contributed by atoms with Crippen molar-refractivity contribution in [3.05, 3.63) is 71.8 Å². The average Bonchev–Trinajstić information content (AvgIpc) is 3.48. The Balaban J connectivity index is 0.000000661. The Kier molecular flexibility index (Phi) is 23.8. The van der Waals surface area contributed by atoms with E-state index in [-0.39, 0.29) is 42.1 Å². The summed E-state index contributed by atoms with van der Waals surface area (Å²) in [5.41, 5.74) is 4.90. The summed E-state index contributed by atoms with van der Waals surface area (Å²) in [5, 5.41) is 10.5. The number of ether oxygens (including phenoxy) is 1. The molecule has 2 aliphatic heterocycles. The minimum absolute atomic E-state index is 0. The smallest absolute Gasteiger partial charge is 0.870 e. The predicted molar refractivity (Wildman–Crippen MR) is 162 cm³/mol. The minimum Gasteiger partial charge on any atom is -0.870 e. The summed E-state index contributed by atoms with van der Waals surface area (Å²) < 4.78 is 5.15. The molecular weight excluding hydrogens is 543 g/mol. The molecule has 9 nitrogen and oxygen atoms in total. The number of carboxylic acid groups (broad SMARTS) is 1. The van der Waals surface area contributed by atoms with E-state index in [1.165, 1.54) is 17.9 Å². The third-order valence-electron chi connectivity index (χ3n) is 7.04. The van der Waals surface area contributed by atoms with Crippen LogP contribution in [0.3, 0.4) is 0 Å². The van der Waals surface area contributed by atoms with Crippen LogP contribution in [0, 0.1) is 11.8 Å². The van der Waals surface area contributed by atoms with E-state index < -0.39 is 5.97 Å². The molecule has 2 aromatic rings. The van der Waals surface area contributed by atoms with Gasteiger partial charge in [0.15, 0.2) is 0 Å². The van der Waals surface area contributed by atoms with Gasteiger partial charge in [0.05, 0.1) is 31.1 Å². The number of carbonyl (C=O) groups excluding carboxylic acids is 1. The van der Waals surface area contributed by atoms with Crippen LogP contribution < -0.4 is 24.3 Å². The summed E-state index contributed by atoms with van der Waals surface area (Å²) in [5.74, 6) is -0.792. The van der Waals surface area contributed by atoms with Crippen LogP contribution >= 0.6 is 0 Å². The number of rotatable bonds is 15. The first kappa shape index (κ1) is 40.8. The van der Waals surface area contributed by atoms with Gasteiger partial charge >= 0.3 is 24.8 Å². The third-order valence-corrected chi connectivity index (χ3v) is 7.04. The van der Waals surface area contributed by atoms with E-state index in [1.807, 2.05) is 60.7 Å². The van der Waals surface area contributed by atoms with Crippen molar-refractivity contribution in [2.45, 2.75) is 91.5 Å². The third kappa shape index (κ3) is 17.6. The number of hydrogen-bond donors (Lipinski definition) is 2. The minimum atomic E-state index is -0.765. The van der Waals surface area contributed by atoms with Crippen LogP contribution in [0.2, 0.25) is 0 Å². The molecule has 0 aromatic heterocycles. The number of aliphatic carboxylic acids is 1. The quantitative estimate of drug-likeness (QED) is 0.139. The predicted octanol–water partition coefficient (Wildman–Crippen LogP) is 3.38. The van der Waals surface area contributed by atoms with E-state index in [0.717, 1.165) is 56.4 Å². The van der Waals surface area contributed by atoms with Crippen molar-refractivity contribution in [3.63, 3.8) is 0 Å². The summed E-state index contributed by atoms with van der Waals surface area (Å²) in [6.45, 7) is 9.33. The van der Waals surface area contributed by atoms with Crippen molar-refractivity contribution in [1.82, 2.24) is 10.5 Å². The molecule has 0 bridgehead atoms. The van der Waals surface area contributed by atoms with Gasteiger partial charge in [-0.2, -0.15) is 0 Å². The van der Waals surface area contributed by atoms with Crippen molar-refractivity contribution in [2.75, 3.05) is 19.7 Å². The van der Waals surface area contributed by atoms with Crippen molar-refractivity contribution in [2.24, 2.45) is 11.8 Å². The van der Waals surface area contributed by atoms with Gasteiger partial charge in [-0.3, -0.25) is 19.3 Å². The fraction of sp³-hybridized carbons (Fsp3) is 0.576. The molecule has 3 atom stereocenters. The second kappa shape index (κ2) is 25.1. The topological polar surface area (TPSA) is 127 Å². The molecule has 43 heavy (non-hydrogen) atoms. The molecule has 4 rings (SSSR count). The maximum Gasteiger partial charge on any atom is 1.00 e. The van der Waals surface area contributed by atoms with E-state index >= 15 is 0 Å². The fourth-order valence-corrected chi connectivity index (χ4v) is 4.34. The van der Waals surface area contributed by atoms with Crippen molar-refractivity contribution in [1.29, 1.82) is 0 Å². The van der Waals surface area contributed by atoms with Gasteiger partial charge < -0.3 is 15.3 Å². The molecule has 0 saturated carbocycles. The number of nitrogens with zero attached hydrogens (tertiary/aromatic N) is 1. The van der Waals surface area contributed by atoms with E-state index in [2.05, 4.69) is 26.3 Å². The number of amides is 1. The Morgan fingerprint density at radius 2 is 1.63 bits per heavy atom. The van der Waals surface area contributed by atoms with E-state index in [9.17, 15) is 9.59 Å². The Labute approximate surface area is 270 Å². The molecule has 0 spiro atoms. The maximum atomic E-state index is 11.7. The zero-order valence-electron chi connectivity index (χ0n) is 26.6. The van der Waals surface area contributed by atoms with E-state index in [1.54, 1.807) is 0 Å². The van der Waals surface area contributed by atoms with Crippen LogP contribution in [0.25, 0.3) is 0 Å². The molecule has 2 aliphatic rings. The standard InChI is InChI=1S/C14H21NO3.C14H19NO2.C5H10O.Li.H2O/c1-2-3-9-13(14(16)17)10-15-18-11-12-7-5-4-6-8-12;1-2-3-9-13-10-15(14(13)16)17-11-12-7-5-4-6-8-12;1-5-3-2-4-6-5;;/h4-8,13,15H,2-3,9-11H2,1H3,(H,16,17);4-8,13H,2-3,9-11H2,1H3;5H,2-4H2,1H3;;1H2/q;;;+1;/p-1. The second-order valence-corrected chi connectivity index (χ2v) is 10.6. The number of unbranched alkanes of at least 4 members (excludes halogenated alkanes) is 2. The molecule has 3 N–H and O–H groups in total. The van der Waals surface area contributed by atoms with Gasteiger partial charge in [-0.15, -0.1) is 0 Å². The largest absolute Gasteiger partial charge is 1.00 e. The molecule has 0 radical (unpaired) electrons. The number of carbonyl (C=O) groups is 2. The van der Waals surface area contributed by atoms with Crippen LogP contribution in [-0.2, 0) is 37.2 Å². The van der Waals surface area contributed by atoms with E-state index in [4.69, 9.17) is 19.5 Å². The SMILES string of the molecule is CC1CCCO1.CCCCC(CNOCc1ccccc1)C(=O)O.CCCCC1CN(OCc2ccccc2)C1=O.[Li+].[OH-]. The number of benzene rings is 2. The van der Waals surface area contributed by atoms with Crippen molar-refractivity contribution < 1.29 is 53.4 Å². The van der Waals surface area contributed by atoms with Gasteiger partial charge in [-0.05, 0) is 43.7 Å². The number of carboxylic acids is 1. The zero-order chi connectivity index (χ0) is 29.7. The van der Waals surface area contributed by atoms with Crippen LogP contribution in [0.15, 0.2) is 60.7 Å². The number of hydroxylamine groups is 3. The first-order valence-electron chi connectivity index (χ1n) is 15.2. The Bertz CT molecular complexity index is 962. The molecule has 2 heterocycles. The van der Waals surface area contributed by atoms with Gasteiger partial charge in [-0.1, -0.05) is 100 Å². The summed E-state index contributed by atoms with van der Waals surface area (Å²) in [7, 11) is 0. The first-order valence-corrected chi connectivity index (χ1v) is 15.2. The normalized spacial score (nSPS) is 17.6. The fourth-order valence-electron chi connectivity index (χ4n) is 4.34. The maximum absolute atomic E-state index is 11.7. The van der Waals surface area contributed by atoms with Gasteiger partial charge in [0.2, 0.25) is 0 Å². The molecular formula is C33H51LiN2O7. The van der Waals surface area contributed by atoms with Crippen molar-refractivity contribution >= 4 is 11.9 Å². The Hall–Kier alpha value is -2.22.